The molecule has 0 aliphatic rings. The van der Waals surface area contributed by atoms with Crippen molar-refractivity contribution in [2.45, 2.75) is 117 Å². The smallest absolute Gasteiger partial charge is 0.338 e. The summed E-state index contributed by atoms with van der Waals surface area (Å²) in [4.78, 5) is 28.8. The van der Waals surface area contributed by atoms with Crippen LogP contribution in [0.25, 0.3) is 10.8 Å². The Balaban J connectivity index is 1.36. The molecule has 10 nitrogen and oxygen atoms in total. The number of hydrogen-bond donors (Lipinski definition) is 2. The number of esters is 1. The topological polar surface area (TPSA) is 131 Å². The molecule has 1 amide bonds. The van der Waals surface area contributed by atoms with Crippen molar-refractivity contribution >= 4 is 22.6 Å². The van der Waals surface area contributed by atoms with Crippen molar-refractivity contribution in [1.82, 2.24) is 25.5 Å². The zero-order chi connectivity index (χ0) is 35.9. The summed E-state index contributed by atoms with van der Waals surface area (Å²) in [5, 5.41) is 27.8. The highest BCUT2D eigenvalue weighted by molar-refractivity contribution is 5.89. The molecule has 0 fully saturated rings. The van der Waals surface area contributed by atoms with Crippen molar-refractivity contribution in [1.29, 1.82) is 0 Å². The standard InChI is InChI=1S/C40H55N5O5/c1-29-20-21-31(27-30(29)2)15-9-7-13-26-49-37(36(46)39(48)50-40(3,4)5)38(47)45(25-14-19-35-41-43-44-42-35)24-12-6-8-16-32-22-23-33-17-10-11-18-34(33)28-32/h10-11,17-18,20-23,27-28,36-37,46H,6-9,12-16,19,24-26H2,1-5H3,(H,41,42,43,44)/t36-,37?/m1/s1. The number of carbonyl (C=O) groups excluding carboxylic acids is 2. The van der Waals surface area contributed by atoms with Crippen LogP contribution in [0.3, 0.4) is 0 Å². The fourth-order valence-electron chi connectivity index (χ4n) is 5.99. The van der Waals surface area contributed by atoms with Crippen LogP contribution in [0, 0.1) is 13.8 Å². The van der Waals surface area contributed by atoms with Gasteiger partial charge in [-0.3, -0.25) is 4.79 Å². The molecule has 0 saturated heterocycles. The number of ether oxygens (including phenoxy) is 2. The summed E-state index contributed by atoms with van der Waals surface area (Å²) >= 11 is 0. The first kappa shape index (κ1) is 38.6. The van der Waals surface area contributed by atoms with Gasteiger partial charge in [-0.25, -0.2) is 4.79 Å². The zero-order valence-electron chi connectivity index (χ0n) is 30.5. The van der Waals surface area contributed by atoms with E-state index in [0.29, 0.717) is 38.2 Å². The minimum Gasteiger partial charge on any atom is -0.458 e. The molecule has 1 aromatic heterocycles. The molecule has 1 heterocycles. The lowest BCUT2D eigenvalue weighted by atomic mass is 10.0. The molecule has 1 unspecified atom stereocenters. The SMILES string of the molecule is Cc1ccc(CCCCCOC(C(=O)N(CCCCCc2ccc3ccccc3c2)CCCc2nn[nH]n2)[C@@H](O)C(=O)OC(C)(C)C)cc1C. The van der Waals surface area contributed by atoms with Crippen LogP contribution >= 0.6 is 0 Å². The van der Waals surface area contributed by atoms with Crippen LogP contribution in [0.1, 0.15) is 93.8 Å². The number of H-pyrrole nitrogens is 1. The summed E-state index contributed by atoms with van der Waals surface area (Å²) in [6, 6.07) is 21.5. The van der Waals surface area contributed by atoms with E-state index in [1.54, 1.807) is 25.7 Å². The predicted octanol–water partition coefficient (Wildman–Crippen LogP) is 6.64. The number of tetrazole rings is 1. The number of rotatable bonds is 20. The number of aryl methyl sites for hydroxylation is 5. The number of nitrogens with one attached hydrogen (secondary N) is 1. The van der Waals surface area contributed by atoms with Gasteiger partial charge in [0.1, 0.15) is 5.60 Å². The van der Waals surface area contributed by atoms with Gasteiger partial charge in [0.25, 0.3) is 5.91 Å². The summed E-state index contributed by atoms with van der Waals surface area (Å²) in [5.74, 6) is -0.718. The van der Waals surface area contributed by atoms with E-state index < -0.39 is 29.7 Å². The molecule has 0 saturated carbocycles. The molecule has 50 heavy (non-hydrogen) atoms. The summed E-state index contributed by atoms with van der Waals surface area (Å²) in [7, 11) is 0. The molecule has 2 N–H and O–H groups in total. The van der Waals surface area contributed by atoms with Crippen LogP contribution in [0.4, 0.5) is 0 Å². The number of aromatic nitrogens is 4. The van der Waals surface area contributed by atoms with Gasteiger partial charge in [0.05, 0.1) is 0 Å². The van der Waals surface area contributed by atoms with Crippen molar-refractivity contribution in [3.05, 3.63) is 88.7 Å². The van der Waals surface area contributed by atoms with Crippen molar-refractivity contribution in [3.8, 4) is 0 Å². The van der Waals surface area contributed by atoms with E-state index in [1.807, 2.05) is 6.07 Å². The van der Waals surface area contributed by atoms with Crippen molar-refractivity contribution in [2.75, 3.05) is 19.7 Å². The molecule has 270 valence electrons. The summed E-state index contributed by atoms with van der Waals surface area (Å²) in [5.41, 5.74) is 4.34. The molecule has 3 aromatic carbocycles. The number of carbonyl (C=O) groups is 2. The van der Waals surface area contributed by atoms with Gasteiger partial charge in [0.2, 0.25) is 0 Å². The van der Waals surface area contributed by atoms with Gasteiger partial charge in [-0.15, -0.1) is 10.2 Å². The van der Waals surface area contributed by atoms with E-state index in [4.69, 9.17) is 9.47 Å². The van der Waals surface area contributed by atoms with Gasteiger partial charge < -0.3 is 19.5 Å². The molecule has 0 radical (unpaired) electrons. The predicted molar refractivity (Wildman–Crippen MR) is 196 cm³/mol. The highest BCUT2D eigenvalue weighted by atomic mass is 16.6. The maximum Gasteiger partial charge on any atom is 0.338 e. The maximum absolute atomic E-state index is 14.1. The van der Waals surface area contributed by atoms with E-state index in [9.17, 15) is 14.7 Å². The number of fused-ring (bicyclic) bond motifs is 1. The number of amides is 1. The average molecular weight is 686 g/mol. The Morgan fingerprint density at radius 3 is 2.18 bits per heavy atom. The minimum absolute atomic E-state index is 0.242. The second kappa shape index (κ2) is 19.3. The Bertz CT molecular complexity index is 1630. The number of nitrogens with zero attached hydrogens (tertiary/aromatic N) is 4. The molecule has 4 aromatic rings. The normalized spacial score (nSPS) is 12.9. The molecule has 0 spiro atoms. The Morgan fingerprint density at radius 2 is 1.48 bits per heavy atom. The fourth-order valence-corrected chi connectivity index (χ4v) is 5.99. The molecule has 4 rings (SSSR count). The third kappa shape index (κ3) is 12.6. The second-order valence-electron chi connectivity index (χ2n) is 14.2. The second-order valence-corrected chi connectivity index (χ2v) is 14.2. The molecule has 0 aliphatic heterocycles. The number of unbranched alkanes of at least 4 members (excludes halogenated alkanes) is 4. The number of aromatic amines is 1. The first-order valence-corrected chi connectivity index (χ1v) is 18.1. The number of hydrogen-bond acceptors (Lipinski definition) is 8. The third-order valence-corrected chi connectivity index (χ3v) is 8.89. The number of aliphatic hydroxyl groups is 1. The van der Waals surface area contributed by atoms with Crippen LogP contribution < -0.4 is 0 Å². The van der Waals surface area contributed by atoms with E-state index in [1.165, 1.54) is 33.0 Å². The number of benzene rings is 3. The van der Waals surface area contributed by atoms with E-state index >= 15 is 0 Å². The maximum atomic E-state index is 14.1. The lowest BCUT2D eigenvalue weighted by molar-refractivity contribution is -0.179. The Hall–Kier alpha value is -4.15. The first-order valence-electron chi connectivity index (χ1n) is 18.1. The Kier molecular flexibility index (Phi) is 14.9. The van der Waals surface area contributed by atoms with Gasteiger partial charge in [0, 0.05) is 26.1 Å². The molecule has 0 aliphatic carbocycles. The van der Waals surface area contributed by atoms with Crippen LogP contribution in [-0.4, -0.2) is 80.0 Å². The molecular weight excluding hydrogens is 630 g/mol. The fraction of sp³-hybridized carbons (Fsp3) is 0.525. The lowest BCUT2D eigenvalue weighted by Gasteiger charge is -2.30. The lowest BCUT2D eigenvalue weighted by Crippen LogP contribution is -2.51. The monoisotopic (exact) mass is 685 g/mol. The van der Waals surface area contributed by atoms with Gasteiger partial charge >= 0.3 is 5.97 Å². The quantitative estimate of drug-likeness (QED) is 0.0782. The van der Waals surface area contributed by atoms with Crippen molar-refractivity contribution in [2.24, 2.45) is 0 Å². The van der Waals surface area contributed by atoms with E-state index in [-0.39, 0.29) is 6.61 Å². The van der Waals surface area contributed by atoms with Crippen LogP contribution in [0.15, 0.2) is 60.7 Å². The average Bonchev–Trinajstić information content (AvgIpc) is 3.61. The first-order chi connectivity index (χ1) is 24.0. The molecule has 2 atom stereocenters. The third-order valence-electron chi connectivity index (χ3n) is 8.89. The largest absolute Gasteiger partial charge is 0.458 e. The highest BCUT2D eigenvalue weighted by Gasteiger charge is 2.38. The molecule has 10 heteroatoms. The molecule has 0 bridgehead atoms. The summed E-state index contributed by atoms with van der Waals surface area (Å²) < 4.78 is 11.5. The zero-order valence-corrected chi connectivity index (χ0v) is 30.5. The van der Waals surface area contributed by atoms with Crippen molar-refractivity contribution in [3.63, 3.8) is 0 Å². The van der Waals surface area contributed by atoms with Gasteiger partial charge in [0.15, 0.2) is 18.0 Å². The Morgan fingerprint density at radius 1 is 0.800 bits per heavy atom. The summed E-state index contributed by atoms with van der Waals surface area (Å²) in [6.07, 6.45) is 5.15. The minimum atomic E-state index is -1.75. The number of aliphatic hydroxyl groups excluding tert-OH is 1. The Labute approximate surface area is 296 Å². The van der Waals surface area contributed by atoms with Gasteiger partial charge in [-0.1, -0.05) is 78.7 Å². The van der Waals surface area contributed by atoms with Crippen LogP contribution in [0.5, 0.6) is 0 Å². The van der Waals surface area contributed by atoms with E-state index in [0.717, 1.165) is 44.9 Å². The van der Waals surface area contributed by atoms with Gasteiger partial charge in [-0.05, 0) is 113 Å². The van der Waals surface area contributed by atoms with Crippen LogP contribution in [-0.2, 0) is 38.3 Å². The highest BCUT2D eigenvalue weighted by Crippen LogP contribution is 2.19. The van der Waals surface area contributed by atoms with Crippen LogP contribution in [0.2, 0.25) is 0 Å². The van der Waals surface area contributed by atoms with E-state index in [2.05, 4.69) is 89.1 Å². The summed E-state index contributed by atoms with van der Waals surface area (Å²) in [6.45, 7) is 10.5. The van der Waals surface area contributed by atoms with Gasteiger partial charge in [-0.2, -0.15) is 5.21 Å². The molecular formula is C40H55N5O5. The van der Waals surface area contributed by atoms with Crippen molar-refractivity contribution < 1.29 is 24.2 Å².